The minimum absolute atomic E-state index is 0.0211. The third-order valence-corrected chi connectivity index (χ3v) is 10.3. The smallest absolute Gasteiger partial charge is 0.346 e. The first-order chi connectivity index (χ1) is 21.8. The maximum Gasteiger partial charge on any atom is 0.416 e. The number of nitrogens with zero attached hydrogens (tertiary/aromatic N) is 4. The molecule has 6 rings (SSSR count). The quantitative estimate of drug-likeness (QED) is 0.293. The molecule has 46 heavy (non-hydrogen) atoms. The molecule has 3 aromatic rings. The SMILES string of the molecule is CC(C)(NC(=O)C(C)(C)N1CCC(n2ncc(C(=O)N3CC[C@@H](c4ccccc4C(F)(F)F)C3)c2C2CC2)CC1)c1ccccc1. The summed E-state index contributed by atoms with van der Waals surface area (Å²) in [5.41, 5.74) is 1.01. The molecule has 1 saturated carbocycles. The van der Waals surface area contributed by atoms with Gasteiger partial charge in [-0.3, -0.25) is 19.2 Å². The summed E-state index contributed by atoms with van der Waals surface area (Å²) < 4.78 is 43.1. The van der Waals surface area contributed by atoms with E-state index in [1.54, 1.807) is 17.2 Å². The van der Waals surface area contributed by atoms with Crippen molar-refractivity contribution < 1.29 is 22.8 Å². The molecule has 0 bridgehead atoms. The third kappa shape index (κ3) is 6.33. The van der Waals surface area contributed by atoms with E-state index in [1.165, 1.54) is 12.1 Å². The van der Waals surface area contributed by atoms with Crippen LogP contribution in [0, 0.1) is 0 Å². The van der Waals surface area contributed by atoms with Gasteiger partial charge in [-0.1, -0.05) is 48.5 Å². The summed E-state index contributed by atoms with van der Waals surface area (Å²) >= 11 is 0. The molecule has 1 aromatic heterocycles. The number of likely N-dealkylation sites (tertiary alicyclic amines) is 2. The van der Waals surface area contributed by atoms with E-state index < -0.39 is 22.8 Å². The first kappa shape index (κ1) is 32.3. The van der Waals surface area contributed by atoms with Crippen molar-refractivity contribution in [1.82, 2.24) is 24.9 Å². The second-order valence-corrected chi connectivity index (χ2v) is 14.2. The molecular weight excluding hydrogens is 591 g/mol. The van der Waals surface area contributed by atoms with Gasteiger partial charge in [-0.15, -0.1) is 0 Å². The zero-order valence-electron chi connectivity index (χ0n) is 27.1. The molecule has 3 heterocycles. The first-order valence-corrected chi connectivity index (χ1v) is 16.4. The number of rotatable bonds is 8. The van der Waals surface area contributed by atoms with Crippen LogP contribution in [-0.4, -0.2) is 63.1 Å². The predicted molar refractivity (Wildman–Crippen MR) is 170 cm³/mol. The average Bonchev–Trinajstić information content (AvgIpc) is 3.57. The Balaban J connectivity index is 1.12. The highest BCUT2D eigenvalue weighted by atomic mass is 19.4. The molecule has 2 amide bonds. The molecule has 246 valence electrons. The molecule has 3 fully saturated rings. The van der Waals surface area contributed by atoms with Crippen molar-refractivity contribution in [3.05, 3.63) is 88.7 Å². The van der Waals surface area contributed by atoms with Crippen molar-refractivity contribution in [1.29, 1.82) is 0 Å². The lowest BCUT2D eigenvalue weighted by Gasteiger charge is -2.43. The van der Waals surface area contributed by atoms with Gasteiger partial charge in [0.2, 0.25) is 5.91 Å². The monoisotopic (exact) mass is 635 g/mol. The lowest BCUT2D eigenvalue weighted by Crippen LogP contribution is -2.59. The van der Waals surface area contributed by atoms with Gasteiger partial charge >= 0.3 is 6.18 Å². The number of halogens is 3. The predicted octanol–water partition coefficient (Wildman–Crippen LogP) is 6.88. The van der Waals surface area contributed by atoms with Gasteiger partial charge in [0, 0.05) is 38.0 Å². The highest BCUT2D eigenvalue weighted by Gasteiger charge is 2.42. The third-order valence-electron chi connectivity index (χ3n) is 10.3. The summed E-state index contributed by atoms with van der Waals surface area (Å²) in [6.45, 7) is 10.1. The molecule has 0 radical (unpaired) electrons. The van der Waals surface area contributed by atoms with Gasteiger partial charge in [-0.05, 0) is 77.0 Å². The standard InChI is InChI=1S/C36H44F3N5O2/c1-34(2,26-10-6-5-7-11-26)41-33(46)35(3,4)43-20-17-27(18-21-43)44-31(24-14-15-24)29(22-40-44)32(45)42-19-16-25(23-42)28-12-8-9-13-30(28)36(37,38)39/h5-13,22,24-25,27H,14-21,23H2,1-4H3,(H,41,46)/t25-/m1/s1. The van der Waals surface area contributed by atoms with Crippen molar-refractivity contribution in [3.63, 3.8) is 0 Å². The van der Waals surface area contributed by atoms with Crippen LogP contribution in [0.2, 0.25) is 0 Å². The van der Waals surface area contributed by atoms with E-state index in [2.05, 4.69) is 10.2 Å². The summed E-state index contributed by atoms with van der Waals surface area (Å²) in [5, 5.41) is 8.00. The van der Waals surface area contributed by atoms with Gasteiger partial charge in [0.05, 0.1) is 40.1 Å². The van der Waals surface area contributed by atoms with Crippen molar-refractivity contribution in [2.75, 3.05) is 26.2 Å². The zero-order valence-corrected chi connectivity index (χ0v) is 27.1. The van der Waals surface area contributed by atoms with Crippen LogP contribution in [0.5, 0.6) is 0 Å². The molecule has 1 atom stereocenters. The topological polar surface area (TPSA) is 70.5 Å². The van der Waals surface area contributed by atoms with E-state index in [-0.39, 0.29) is 41.8 Å². The van der Waals surface area contributed by atoms with Crippen LogP contribution < -0.4 is 5.32 Å². The highest BCUT2D eigenvalue weighted by Crippen LogP contribution is 2.45. The molecule has 3 aliphatic rings. The molecule has 2 saturated heterocycles. The fourth-order valence-electron chi connectivity index (χ4n) is 7.25. The van der Waals surface area contributed by atoms with Crippen molar-refractivity contribution in [2.45, 2.75) is 94.9 Å². The fourth-order valence-corrected chi connectivity index (χ4v) is 7.25. The molecule has 7 nitrogen and oxygen atoms in total. The van der Waals surface area contributed by atoms with Crippen LogP contribution in [0.4, 0.5) is 13.2 Å². The van der Waals surface area contributed by atoms with Gasteiger partial charge < -0.3 is 10.2 Å². The zero-order chi connectivity index (χ0) is 32.9. The summed E-state index contributed by atoms with van der Waals surface area (Å²) in [5.74, 6) is -0.251. The molecule has 0 unspecified atom stereocenters. The van der Waals surface area contributed by atoms with Gasteiger partial charge in [0.25, 0.3) is 5.91 Å². The number of amides is 2. The van der Waals surface area contributed by atoms with E-state index in [9.17, 15) is 22.8 Å². The van der Waals surface area contributed by atoms with Crippen molar-refractivity contribution in [3.8, 4) is 0 Å². The average molecular weight is 636 g/mol. The summed E-state index contributed by atoms with van der Waals surface area (Å²) in [6.07, 6.45) is 1.33. The Morgan fingerprint density at radius 2 is 1.48 bits per heavy atom. The number of hydrogen-bond acceptors (Lipinski definition) is 4. The second kappa shape index (κ2) is 12.2. The van der Waals surface area contributed by atoms with E-state index in [1.807, 2.05) is 62.7 Å². The van der Waals surface area contributed by atoms with Crippen molar-refractivity contribution >= 4 is 11.8 Å². The summed E-state index contributed by atoms with van der Waals surface area (Å²) in [6, 6.07) is 15.8. The van der Waals surface area contributed by atoms with Gasteiger partial charge in [0.15, 0.2) is 0 Å². The molecule has 2 aromatic carbocycles. The Labute approximate surface area is 269 Å². The minimum Gasteiger partial charge on any atom is -0.346 e. The maximum absolute atomic E-state index is 13.8. The number of aromatic nitrogens is 2. The normalized spacial score (nSPS) is 20.2. The molecular formula is C36H44F3N5O2. The van der Waals surface area contributed by atoms with Crippen LogP contribution in [0.1, 0.15) is 110 Å². The second-order valence-electron chi connectivity index (χ2n) is 14.2. The van der Waals surface area contributed by atoms with Crippen LogP contribution in [-0.2, 0) is 16.5 Å². The van der Waals surface area contributed by atoms with E-state index >= 15 is 0 Å². The van der Waals surface area contributed by atoms with Gasteiger partial charge in [0.1, 0.15) is 0 Å². The molecule has 2 aliphatic heterocycles. The largest absolute Gasteiger partial charge is 0.416 e. The Hall–Kier alpha value is -3.66. The van der Waals surface area contributed by atoms with Crippen LogP contribution in [0.25, 0.3) is 0 Å². The Morgan fingerprint density at radius 1 is 0.826 bits per heavy atom. The summed E-state index contributed by atoms with van der Waals surface area (Å²) in [4.78, 5) is 31.3. The summed E-state index contributed by atoms with van der Waals surface area (Å²) in [7, 11) is 0. The Morgan fingerprint density at radius 3 is 2.13 bits per heavy atom. The number of nitrogens with one attached hydrogen (secondary N) is 1. The Bertz CT molecular complexity index is 1570. The van der Waals surface area contributed by atoms with Crippen molar-refractivity contribution in [2.24, 2.45) is 0 Å². The fraction of sp³-hybridized carbons (Fsp3) is 0.528. The molecule has 1 aliphatic carbocycles. The number of benzene rings is 2. The number of carbonyl (C=O) groups is 2. The Kier molecular flexibility index (Phi) is 8.54. The minimum atomic E-state index is -4.43. The van der Waals surface area contributed by atoms with Crippen LogP contribution in [0.15, 0.2) is 60.8 Å². The number of piperidine rings is 1. The van der Waals surface area contributed by atoms with Gasteiger partial charge in [-0.25, -0.2) is 0 Å². The molecule has 0 spiro atoms. The highest BCUT2D eigenvalue weighted by molar-refractivity contribution is 5.95. The maximum atomic E-state index is 13.8. The van der Waals surface area contributed by atoms with E-state index in [4.69, 9.17) is 5.10 Å². The van der Waals surface area contributed by atoms with E-state index in [0.29, 0.717) is 18.5 Å². The first-order valence-electron chi connectivity index (χ1n) is 16.4. The number of alkyl halides is 3. The van der Waals surface area contributed by atoms with E-state index in [0.717, 1.165) is 56.1 Å². The number of carbonyl (C=O) groups excluding carboxylic acids is 2. The van der Waals surface area contributed by atoms with Crippen LogP contribution >= 0.6 is 0 Å². The lowest BCUT2D eigenvalue weighted by atomic mass is 9.90. The number of hydrogen-bond donors (Lipinski definition) is 1. The molecule has 10 heteroatoms. The van der Waals surface area contributed by atoms with Crippen LogP contribution in [0.3, 0.4) is 0 Å². The lowest BCUT2D eigenvalue weighted by molar-refractivity contribution is -0.138. The van der Waals surface area contributed by atoms with Gasteiger partial charge in [-0.2, -0.15) is 18.3 Å². The molecule has 1 N–H and O–H groups in total.